The highest BCUT2D eigenvalue weighted by Crippen LogP contribution is 2.32. The number of benzene rings is 3. The van der Waals surface area contributed by atoms with E-state index in [1.54, 1.807) is 30.3 Å². The van der Waals surface area contributed by atoms with E-state index in [1.165, 1.54) is 0 Å². The Hall–Kier alpha value is -3.93. The monoisotopic (exact) mass is 388 g/mol. The maximum Gasteiger partial charge on any atom is 0.264 e. The molecular formula is C23H20N2O4. The van der Waals surface area contributed by atoms with E-state index in [2.05, 4.69) is 10.3 Å². The van der Waals surface area contributed by atoms with E-state index in [0.717, 1.165) is 16.3 Å². The fourth-order valence-corrected chi connectivity index (χ4v) is 3.34. The van der Waals surface area contributed by atoms with Gasteiger partial charge in [-0.3, -0.25) is 4.79 Å². The van der Waals surface area contributed by atoms with Crippen molar-refractivity contribution in [2.45, 2.75) is 12.8 Å². The molecule has 3 aromatic carbocycles. The van der Waals surface area contributed by atoms with Crippen molar-refractivity contribution in [3.8, 4) is 17.4 Å². The number of anilines is 1. The first-order chi connectivity index (χ1) is 14.0. The molecule has 4 aromatic rings. The van der Waals surface area contributed by atoms with Crippen LogP contribution < -0.4 is 5.32 Å². The summed E-state index contributed by atoms with van der Waals surface area (Å²) in [6.07, 6.45) is 1.11. The van der Waals surface area contributed by atoms with Crippen molar-refractivity contribution >= 4 is 22.4 Å². The second kappa shape index (κ2) is 7.59. The van der Waals surface area contributed by atoms with Crippen LogP contribution in [0.5, 0.6) is 17.4 Å². The molecule has 1 amide bonds. The van der Waals surface area contributed by atoms with Gasteiger partial charge in [-0.05, 0) is 53.4 Å². The molecule has 6 heteroatoms. The van der Waals surface area contributed by atoms with E-state index in [9.17, 15) is 20.1 Å². The average Bonchev–Trinajstić information content (AvgIpc) is 3.00. The number of carbonyl (C=O) groups excluding carboxylic acids is 1. The maximum atomic E-state index is 12.6. The topological polar surface area (TPSA) is 106 Å². The van der Waals surface area contributed by atoms with Gasteiger partial charge in [0.1, 0.15) is 11.3 Å². The minimum Gasteiger partial charge on any atom is -0.508 e. The van der Waals surface area contributed by atoms with Crippen molar-refractivity contribution in [3.05, 3.63) is 83.6 Å². The lowest BCUT2D eigenvalue weighted by molar-refractivity contribution is 0.102. The molecule has 0 fully saturated rings. The average molecular weight is 388 g/mol. The van der Waals surface area contributed by atoms with E-state index >= 15 is 0 Å². The standard InChI is InChI=1S/C23H20N2O4/c26-18-10-8-15-7-9-17(12-16(15)13-18)24-22(28)20-21(27)19(25-23(20)29)11-6-14-4-2-1-3-5-14/h1-5,7-10,12-13,25-27,29H,6,11H2,(H,24,28). The number of carbonyl (C=O) groups is 1. The summed E-state index contributed by atoms with van der Waals surface area (Å²) in [5.74, 6) is -1.12. The van der Waals surface area contributed by atoms with Crippen LogP contribution in [0.2, 0.25) is 0 Å². The fraction of sp³-hybridized carbons (Fsp3) is 0.0870. The third-order valence-electron chi connectivity index (χ3n) is 4.84. The Morgan fingerprint density at radius 1 is 0.862 bits per heavy atom. The molecule has 0 radical (unpaired) electrons. The Bertz CT molecular complexity index is 1180. The number of rotatable bonds is 5. The summed E-state index contributed by atoms with van der Waals surface area (Å²) in [5, 5.41) is 34.6. The van der Waals surface area contributed by atoms with Crippen LogP contribution in [0.1, 0.15) is 21.6 Å². The van der Waals surface area contributed by atoms with E-state index in [4.69, 9.17) is 0 Å². The number of aromatic amines is 1. The van der Waals surface area contributed by atoms with Gasteiger partial charge in [0.25, 0.3) is 5.91 Å². The van der Waals surface area contributed by atoms with E-state index in [0.29, 0.717) is 24.2 Å². The molecule has 0 unspecified atom stereocenters. The normalized spacial score (nSPS) is 10.9. The zero-order valence-electron chi connectivity index (χ0n) is 15.5. The molecule has 146 valence electrons. The first-order valence-corrected chi connectivity index (χ1v) is 9.22. The molecule has 4 rings (SSSR count). The third-order valence-corrected chi connectivity index (χ3v) is 4.84. The van der Waals surface area contributed by atoms with Crippen LogP contribution >= 0.6 is 0 Å². The van der Waals surface area contributed by atoms with Crippen LogP contribution in [0, 0.1) is 0 Å². The van der Waals surface area contributed by atoms with Gasteiger partial charge in [0.15, 0.2) is 5.75 Å². The Morgan fingerprint density at radius 2 is 1.62 bits per heavy atom. The predicted molar refractivity (Wildman–Crippen MR) is 112 cm³/mol. The lowest BCUT2D eigenvalue weighted by atomic mass is 10.1. The summed E-state index contributed by atoms with van der Waals surface area (Å²) in [6, 6.07) is 20.0. The number of aromatic nitrogens is 1. The Kier molecular flexibility index (Phi) is 4.83. The van der Waals surface area contributed by atoms with Gasteiger partial charge in [0.2, 0.25) is 5.88 Å². The van der Waals surface area contributed by atoms with Crippen LogP contribution in [0.25, 0.3) is 10.8 Å². The summed E-state index contributed by atoms with van der Waals surface area (Å²) in [5.41, 5.74) is 1.79. The van der Waals surface area contributed by atoms with Gasteiger partial charge >= 0.3 is 0 Å². The second-order valence-electron chi connectivity index (χ2n) is 6.86. The number of phenolic OH excluding ortho intramolecular Hbond substituents is 1. The van der Waals surface area contributed by atoms with Gasteiger partial charge in [0.05, 0.1) is 5.69 Å². The highest BCUT2D eigenvalue weighted by molar-refractivity contribution is 6.08. The highest BCUT2D eigenvalue weighted by atomic mass is 16.3. The van der Waals surface area contributed by atoms with Crippen LogP contribution in [-0.4, -0.2) is 26.2 Å². The minimum atomic E-state index is -0.623. The summed E-state index contributed by atoms with van der Waals surface area (Å²) < 4.78 is 0. The van der Waals surface area contributed by atoms with E-state index in [1.807, 2.05) is 36.4 Å². The van der Waals surface area contributed by atoms with Gasteiger partial charge in [-0.25, -0.2) is 0 Å². The summed E-state index contributed by atoms with van der Waals surface area (Å²) >= 11 is 0. The number of hydrogen-bond donors (Lipinski definition) is 5. The lowest BCUT2D eigenvalue weighted by Gasteiger charge is -2.07. The zero-order valence-corrected chi connectivity index (χ0v) is 15.5. The highest BCUT2D eigenvalue weighted by Gasteiger charge is 2.23. The van der Waals surface area contributed by atoms with Gasteiger partial charge in [-0.1, -0.05) is 42.5 Å². The lowest BCUT2D eigenvalue weighted by Crippen LogP contribution is -2.11. The number of H-pyrrole nitrogens is 1. The fourth-order valence-electron chi connectivity index (χ4n) is 3.34. The SMILES string of the molecule is O=C(Nc1ccc2ccc(O)cc2c1)c1c(O)[nH]c(CCc2ccccc2)c1O. The van der Waals surface area contributed by atoms with E-state index in [-0.39, 0.29) is 22.9 Å². The van der Waals surface area contributed by atoms with Crippen LogP contribution in [0.3, 0.4) is 0 Å². The Balaban J connectivity index is 1.53. The zero-order chi connectivity index (χ0) is 20.4. The molecular weight excluding hydrogens is 368 g/mol. The van der Waals surface area contributed by atoms with Gasteiger partial charge in [0, 0.05) is 5.69 Å². The van der Waals surface area contributed by atoms with Crippen molar-refractivity contribution < 1.29 is 20.1 Å². The number of amides is 1. The van der Waals surface area contributed by atoms with Crippen LogP contribution in [0.15, 0.2) is 66.7 Å². The van der Waals surface area contributed by atoms with Crippen molar-refractivity contribution in [1.82, 2.24) is 4.98 Å². The molecule has 0 saturated carbocycles. The first-order valence-electron chi connectivity index (χ1n) is 9.22. The number of aromatic hydroxyl groups is 3. The summed E-state index contributed by atoms with van der Waals surface area (Å²) in [4.78, 5) is 15.3. The first kappa shape index (κ1) is 18.4. The van der Waals surface area contributed by atoms with Crippen LogP contribution in [0.4, 0.5) is 5.69 Å². The molecule has 0 aliphatic heterocycles. The molecule has 6 nitrogen and oxygen atoms in total. The number of aryl methyl sites for hydroxylation is 2. The minimum absolute atomic E-state index is 0.130. The third kappa shape index (κ3) is 3.87. The van der Waals surface area contributed by atoms with Gasteiger partial charge < -0.3 is 25.6 Å². The van der Waals surface area contributed by atoms with Gasteiger partial charge in [-0.15, -0.1) is 0 Å². The maximum absolute atomic E-state index is 12.6. The van der Waals surface area contributed by atoms with E-state index < -0.39 is 5.91 Å². The molecule has 1 aromatic heterocycles. The smallest absolute Gasteiger partial charge is 0.264 e. The van der Waals surface area contributed by atoms with Crippen molar-refractivity contribution in [2.75, 3.05) is 5.32 Å². The van der Waals surface area contributed by atoms with Crippen LogP contribution in [-0.2, 0) is 12.8 Å². The molecule has 0 spiro atoms. The summed E-state index contributed by atoms with van der Waals surface area (Å²) in [7, 11) is 0. The molecule has 1 heterocycles. The van der Waals surface area contributed by atoms with Crippen molar-refractivity contribution in [3.63, 3.8) is 0 Å². The molecule has 0 aliphatic rings. The Morgan fingerprint density at radius 3 is 2.41 bits per heavy atom. The predicted octanol–water partition coefficient (Wildman–Crippen LogP) is 4.32. The molecule has 0 saturated heterocycles. The number of phenols is 1. The van der Waals surface area contributed by atoms with Crippen molar-refractivity contribution in [2.24, 2.45) is 0 Å². The summed E-state index contributed by atoms with van der Waals surface area (Å²) in [6.45, 7) is 0. The second-order valence-corrected chi connectivity index (χ2v) is 6.86. The molecule has 5 N–H and O–H groups in total. The molecule has 0 bridgehead atoms. The number of hydrogen-bond acceptors (Lipinski definition) is 4. The largest absolute Gasteiger partial charge is 0.508 e. The quantitative estimate of drug-likeness (QED) is 0.351. The molecule has 0 aliphatic carbocycles. The number of nitrogens with one attached hydrogen (secondary N) is 2. The van der Waals surface area contributed by atoms with Gasteiger partial charge in [-0.2, -0.15) is 0 Å². The van der Waals surface area contributed by atoms with Crippen molar-refractivity contribution in [1.29, 1.82) is 0 Å². The molecule has 0 atom stereocenters. The Labute approximate surface area is 167 Å². The number of fused-ring (bicyclic) bond motifs is 1. The molecule has 29 heavy (non-hydrogen) atoms.